The van der Waals surface area contributed by atoms with E-state index in [4.69, 9.17) is 4.74 Å². The molecule has 0 unspecified atom stereocenters. The number of carbonyl (C=O) groups is 5. The van der Waals surface area contributed by atoms with Crippen LogP contribution in [0.15, 0.2) is 48.7 Å². The number of aromatic amines is 1. The second-order valence-electron chi connectivity index (χ2n) is 7.90. The van der Waals surface area contributed by atoms with Gasteiger partial charge in [0.05, 0.1) is 11.1 Å². The third-order valence-electron chi connectivity index (χ3n) is 5.48. The van der Waals surface area contributed by atoms with Crippen LogP contribution in [0.25, 0.3) is 10.9 Å². The van der Waals surface area contributed by atoms with E-state index in [0.29, 0.717) is 0 Å². The summed E-state index contributed by atoms with van der Waals surface area (Å²) < 4.78 is 5.14. The molecular weight excluding hydrogens is 440 g/mol. The molecule has 10 heteroatoms. The lowest BCUT2D eigenvalue weighted by Gasteiger charge is -2.16. The van der Waals surface area contributed by atoms with Crippen molar-refractivity contribution < 1.29 is 28.7 Å². The normalized spacial score (nSPS) is 13.5. The zero-order valence-corrected chi connectivity index (χ0v) is 18.5. The van der Waals surface area contributed by atoms with E-state index in [2.05, 4.69) is 15.6 Å². The highest BCUT2D eigenvalue weighted by molar-refractivity contribution is 6.21. The molecule has 3 N–H and O–H groups in total. The molecule has 2 aromatic carbocycles. The molecule has 0 saturated heterocycles. The van der Waals surface area contributed by atoms with Crippen LogP contribution >= 0.6 is 0 Å². The fourth-order valence-electron chi connectivity index (χ4n) is 3.83. The van der Waals surface area contributed by atoms with Crippen LogP contribution in [0.5, 0.6) is 0 Å². The lowest BCUT2D eigenvalue weighted by atomic mass is 10.0. The predicted molar refractivity (Wildman–Crippen MR) is 122 cm³/mol. The summed E-state index contributed by atoms with van der Waals surface area (Å²) in [6, 6.07) is 10.9. The molecule has 0 fully saturated rings. The van der Waals surface area contributed by atoms with Gasteiger partial charge in [0.25, 0.3) is 17.7 Å². The van der Waals surface area contributed by atoms with Gasteiger partial charge in [-0.05, 0) is 29.8 Å². The van der Waals surface area contributed by atoms with Gasteiger partial charge in [-0.25, -0.2) is 4.79 Å². The van der Waals surface area contributed by atoms with Crippen molar-refractivity contribution in [2.75, 3.05) is 19.0 Å². The first-order chi connectivity index (χ1) is 16.2. The van der Waals surface area contributed by atoms with Gasteiger partial charge in [-0.15, -0.1) is 0 Å². The molecule has 1 aromatic heterocycles. The average Bonchev–Trinajstić information content (AvgIpc) is 3.31. The van der Waals surface area contributed by atoms with Gasteiger partial charge in [-0.1, -0.05) is 18.2 Å². The molecule has 4 amide bonds. The molecule has 0 spiro atoms. The summed E-state index contributed by atoms with van der Waals surface area (Å²) >= 11 is 0. The van der Waals surface area contributed by atoms with Crippen LogP contribution in [0.1, 0.15) is 33.2 Å². The molecule has 1 aliphatic heterocycles. The Labute approximate surface area is 194 Å². The summed E-state index contributed by atoms with van der Waals surface area (Å²) in [6.07, 6.45) is 1.94. The number of imide groups is 1. The highest BCUT2D eigenvalue weighted by atomic mass is 16.5. The fraction of sp³-hybridized carbons (Fsp3) is 0.208. The summed E-state index contributed by atoms with van der Waals surface area (Å²) in [5.41, 5.74) is 2.44. The lowest BCUT2D eigenvalue weighted by molar-refractivity contribution is -0.150. The molecule has 3 aromatic rings. The molecular formula is C24H22N4O6. The first-order valence-corrected chi connectivity index (χ1v) is 10.5. The van der Waals surface area contributed by atoms with Crippen LogP contribution in [0.2, 0.25) is 0 Å². The maximum atomic E-state index is 12.7. The number of ether oxygens (including phenoxy) is 1. The van der Waals surface area contributed by atoms with Gasteiger partial charge >= 0.3 is 5.97 Å². The smallest absolute Gasteiger partial charge is 0.329 e. The third-order valence-corrected chi connectivity index (χ3v) is 5.48. The van der Waals surface area contributed by atoms with Crippen LogP contribution in [-0.2, 0) is 25.5 Å². The number of hydrogen-bond acceptors (Lipinski definition) is 6. The molecule has 0 saturated carbocycles. The van der Waals surface area contributed by atoms with Gasteiger partial charge in [-0.3, -0.25) is 24.1 Å². The van der Waals surface area contributed by atoms with Crippen molar-refractivity contribution in [2.45, 2.75) is 19.4 Å². The molecule has 1 aliphatic rings. The maximum Gasteiger partial charge on any atom is 0.329 e. The summed E-state index contributed by atoms with van der Waals surface area (Å²) in [5.74, 6) is -2.67. The molecule has 0 bridgehead atoms. The topological polar surface area (TPSA) is 138 Å². The van der Waals surface area contributed by atoms with Crippen molar-refractivity contribution in [1.29, 1.82) is 0 Å². The monoisotopic (exact) mass is 462 g/mol. The minimum Gasteiger partial charge on any atom is -0.454 e. The number of rotatable bonds is 7. The van der Waals surface area contributed by atoms with Crippen LogP contribution in [0.3, 0.4) is 0 Å². The van der Waals surface area contributed by atoms with E-state index in [1.165, 1.54) is 32.2 Å². The van der Waals surface area contributed by atoms with Gasteiger partial charge < -0.3 is 20.4 Å². The van der Waals surface area contributed by atoms with Gasteiger partial charge in [0.2, 0.25) is 5.91 Å². The van der Waals surface area contributed by atoms with Crippen molar-refractivity contribution in [2.24, 2.45) is 0 Å². The average molecular weight is 462 g/mol. The van der Waals surface area contributed by atoms with E-state index in [-0.39, 0.29) is 23.2 Å². The number of benzene rings is 2. The molecule has 1 atom stereocenters. The third kappa shape index (κ3) is 4.51. The van der Waals surface area contributed by atoms with E-state index in [1.54, 1.807) is 6.20 Å². The number of anilines is 1. The molecule has 0 aliphatic carbocycles. The minimum absolute atomic E-state index is 0.179. The molecule has 4 rings (SSSR count). The standard InChI is InChI=1S/C24H22N4O6/c1-13(29)26-20(9-14-11-25-19-6-4-3-5-16(14)19)24(33)34-12-21(30)27-15-7-8-17-18(10-15)23(32)28(2)22(17)31/h3-8,10-11,20,25H,9,12H2,1-2H3,(H,26,29)(H,27,30)/t20-/m0/s1. The number of nitrogens with one attached hydrogen (secondary N) is 3. The van der Waals surface area contributed by atoms with Crippen molar-refractivity contribution in [3.63, 3.8) is 0 Å². The maximum absolute atomic E-state index is 12.7. The van der Waals surface area contributed by atoms with Crippen molar-refractivity contribution in [3.8, 4) is 0 Å². The number of carbonyl (C=O) groups excluding carboxylic acids is 5. The van der Waals surface area contributed by atoms with E-state index >= 15 is 0 Å². The lowest BCUT2D eigenvalue weighted by Crippen LogP contribution is -2.43. The summed E-state index contributed by atoms with van der Waals surface area (Å²) in [6.45, 7) is 0.701. The number of para-hydroxylation sites is 1. The van der Waals surface area contributed by atoms with Crippen molar-refractivity contribution in [1.82, 2.24) is 15.2 Å². The number of hydrogen-bond donors (Lipinski definition) is 3. The Hall–Kier alpha value is -4.47. The Morgan fingerprint density at radius 1 is 1.06 bits per heavy atom. The molecule has 10 nitrogen and oxygen atoms in total. The van der Waals surface area contributed by atoms with Crippen molar-refractivity contribution in [3.05, 3.63) is 65.4 Å². The molecule has 34 heavy (non-hydrogen) atoms. The van der Waals surface area contributed by atoms with Crippen LogP contribution in [0.4, 0.5) is 5.69 Å². The highest BCUT2D eigenvalue weighted by Gasteiger charge is 2.33. The number of amides is 4. The van der Waals surface area contributed by atoms with E-state index in [1.807, 2.05) is 24.3 Å². The quantitative estimate of drug-likeness (QED) is 0.360. The second kappa shape index (κ2) is 9.18. The van der Waals surface area contributed by atoms with Crippen LogP contribution in [-0.4, -0.2) is 59.2 Å². The largest absolute Gasteiger partial charge is 0.454 e. The SMILES string of the molecule is CC(=O)N[C@@H](Cc1c[nH]c2ccccc12)C(=O)OCC(=O)Nc1ccc2c(c1)C(=O)N(C)C2=O. The Balaban J connectivity index is 1.39. The predicted octanol–water partition coefficient (Wildman–Crippen LogP) is 1.62. The second-order valence-corrected chi connectivity index (χ2v) is 7.90. The number of fused-ring (bicyclic) bond motifs is 2. The summed E-state index contributed by atoms with van der Waals surface area (Å²) in [5, 5.41) is 6.02. The van der Waals surface area contributed by atoms with Crippen molar-refractivity contribution >= 4 is 46.2 Å². The number of aromatic nitrogens is 1. The first kappa shape index (κ1) is 22.7. The Bertz CT molecular complexity index is 1330. The molecule has 174 valence electrons. The van der Waals surface area contributed by atoms with E-state index in [0.717, 1.165) is 21.4 Å². The first-order valence-electron chi connectivity index (χ1n) is 10.5. The molecule has 2 heterocycles. The highest BCUT2D eigenvalue weighted by Crippen LogP contribution is 2.25. The van der Waals surface area contributed by atoms with Gasteiger partial charge in [-0.2, -0.15) is 0 Å². The van der Waals surface area contributed by atoms with Crippen LogP contribution < -0.4 is 10.6 Å². The summed E-state index contributed by atoms with van der Waals surface area (Å²) in [7, 11) is 1.38. The van der Waals surface area contributed by atoms with Gasteiger partial charge in [0.1, 0.15) is 6.04 Å². The number of nitrogens with zero attached hydrogens (tertiary/aromatic N) is 1. The van der Waals surface area contributed by atoms with E-state index < -0.39 is 42.2 Å². The number of H-pyrrole nitrogens is 1. The van der Waals surface area contributed by atoms with Gasteiger partial charge in [0.15, 0.2) is 6.61 Å². The Morgan fingerprint density at radius 2 is 1.79 bits per heavy atom. The van der Waals surface area contributed by atoms with Gasteiger partial charge in [0, 0.05) is 43.2 Å². The zero-order valence-electron chi connectivity index (χ0n) is 18.5. The summed E-state index contributed by atoms with van der Waals surface area (Å²) in [4.78, 5) is 64.8. The Kier molecular flexibility index (Phi) is 6.13. The Morgan fingerprint density at radius 3 is 2.56 bits per heavy atom. The fourth-order valence-corrected chi connectivity index (χ4v) is 3.83. The molecule has 0 radical (unpaired) electrons. The zero-order chi connectivity index (χ0) is 24.4. The minimum atomic E-state index is -0.983. The number of esters is 1. The van der Waals surface area contributed by atoms with Crippen LogP contribution in [0, 0.1) is 0 Å². The van der Waals surface area contributed by atoms with E-state index in [9.17, 15) is 24.0 Å².